The second-order valence-electron chi connectivity index (χ2n) is 19.7. The van der Waals surface area contributed by atoms with Crippen LogP contribution in [0, 0.1) is 47.3 Å². The second kappa shape index (κ2) is 24.3. The molecule has 0 saturated heterocycles. The van der Waals surface area contributed by atoms with Crippen LogP contribution in [0.3, 0.4) is 0 Å². The first kappa shape index (κ1) is 44.5. The highest BCUT2D eigenvalue weighted by molar-refractivity contribution is 5.31. The third-order valence-electron chi connectivity index (χ3n) is 15.7. The molecule has 0 aliphatic heterocycles. The molecule has 0 spiro atoms. The molecule has 0 amide bonds. The molecule has 2 unspecified atom stereocenters. The van der Waals surface area contributed by atoms with Crippen LogP contribution in [0.15, 0.2) is 48.5 Å². The molecule has 0 bridgehead atoms. The van der Waals surface area contributed by atoms with Gasteiger partial charge in [0.25, 0.3) is 0 Å². The van der Waals surface area contributed by atoms with Crippen LogP contribution in [0.2, 0.25) is 0 Å². The highest BCUT2D eigenvalue weighted by Gasteiger charge is 2.39. The second-order valence-corrected chi connectivity index (χ2v) is 19.7. The zero-order chi connectivity index (χ0) is 39.7. The molecule has 2 aromatic rings. The molecule has 4 aliphatic rings. The molecule has 0 heterocycles. The molecule has 4 aliphatic carbocycles. The van der Waals surface area contributed by atoms with Crippen molar-refractivity contribution in [2.45, 2.75) is 207 Å². The van der Waals surface area contributed by atoms with E-state index in [9.17, 15) is 0 Å². The Balaban J connectivity index is 1.14. The fourth-order valence-electron chi connectivity index (χ4n) is 12.1. The molecule has 6 rings (SSSR count). The van der Waals surface area contributed by atoms with Gasteiger partial charge in [-0.05, 0) is 173 Å². The molecule has 4 saturated carbocycles. The van der Waals surface area contributed by atoms with E-state index >= 15 is 0 Å². The van der Waals surface area contributed by atoms with Crippen molar-refractivity contribution < 1.29 is 14.2 Å². The van der Waals surface area contributed by atoms with Crippen molar-refractivity contribution in [3.05, 3.63) is 59.7 Å². The van der Waals surface area contributed by atoms with E-state index in [0.29, 0.717) is 11.8 Å². The van der Waals surface area contributed by atoms with E-state index in [-0.39, 0.29) is 12.2 Å². The molecule has 57 heavy (non-hydrogen) atoms. The van der Waals surface area contributed by atoms with Gasteiger partial charge in [-0.25, -0.2) is 0 Å². The summed E-state index contributed by atoms with van der Waals surface area (Å²) in [6.07, 6.45) is 36.3. The summed E-state index contributed by atoms with van der Waals surface area (Å²) in [6.45, 7) is 10.6. The first-order chi connectivity index (χ1) is 28.1. The normalized spacial score (nSPS) is 29.4. The van der Waals surface area contributed by atoms with Crippen molar-refractivity contribution in [1.29, 1.82) is 0 Å². The van der Waals surface area contributed by atoms with Gasteiger partial charge in [0.05, 0.1) is 25.4 Å². The van der Waals surface area contributed by atoms with Gasteiger partial charge in [0.1, 0.15) is 11.5 Å². The van der Waals surface area contributed by atoms with Crippen LogP contribution in [0.1, 0.15) is 218 Å². The SMILES string of the molecule is CCCCCC1CCC(C2CCC(C(OC(c3ccc(OCCC)cc3)C3CCC(C4CCC(CCCCC)CC4)CC3)c3ccc(OCCC)cc3)CC2)CC1. The third kappa shape index (κ3) is 13.5. The lowest BCUT2D eigenvalue weighted by molar-refractivity contribution is -0.0935. The summed E-state index contributed by atoms with van der Waals surface area (Å²) in [6, 6.07) is 18.2. The molecule has 0 radical (unpaired) electrons. The predicted molar refractivity (Wildman–Crippen MR) is 241 cm³/mol. The molecule has 2 aromatic carbocycles. The fraction of sp³-hybridized carbons (Fsp3) is 0.778. The Labute approximate surface area is 351 Å². The summed E-state index contributed by atoms with van der Waals surface area (Å²) in [7, 11) is 0. The van der Waals surface area contributed by atoms with Crippen molar-refractivity contribution in [3.8, 4) is 11.5 Å². The Kier molecular flexibility index (Phi) is 19.0. The van der Waals surface area contributed by atoms with Crippen molar-refractivity contribution in [2.75, 3.05) is 13.2 Å². The van der Waals surface area contributed by atoms with Crippen LogP contribution < -0.4 is 9.47 Å². The van der Waals surface area contributed by atoms with E-state index in [1.54, 1.807) is 0 Å². The smallest absolute Gasteiger partial charge is 0.119 e. The Hall–Kier alpha value is -2.00. The van der Waals surface area contributed by atoms with Gasteiger partial charge in [-0.3, -0.25) is 0 Å². The van der Waals surface area contributed by atoms with Crippen LogP contribution in [-0.2, 0) is 4.74 Å². The lowest BCUT2D eigenvalue weighted by atomic mass is 9.67. The molecule has 2 atom stereocenters. The maximum absolute atomic E-state index is 7.75. The summed E-state index contributed by atoms with van der Waals surface area (Å²) in [5, 5.41) is 0. The van der Waals surface area contributed by atoms with Gasteiger partial charge in [-0.2, -0.15) is 0 Å². The van der Waals surface area contributed by atoms with Crippen LogP contribution in [0.25, 0.3) is 0 Å². The van der Waals surface area contributed by atoms with Crippen LogP contribution in [-0.4, -0.2) is 13.2 Å². The van der Waals surface area contributed by atoms with Crippen LogP contribution >= 0.6 is 0 Å². The number of benzene rings is 2. The van der Waals surface area contributed by atoms with Gasteiger partial charge < -0.3 is 14.2 Å². The van der Waals surface area contributed by atoms with Gasteiger partial charge in [0, 0.05) is 0 Å². The summed E-state index contributed by atoms with van der Waals surface area (Å²) in [5.74, 6) is 8.84. The minimum atomic E-state index is 0.113. The molecule has 0 N–H and O–H groups in total. The number of unbranched alkanes of at least 4 members (excludes halogenated alkanes) is 4. The molecular formula is C54H86O3. The molecule has 3 nitrogen and oxygen atoms in total. The predicted octanol–water partition coefficient (Wildman–Crippen LogP) is 16.4. The minimum absolute atomic E-state index is 0.113. The highest BCUT2D eigenvalue weighted by Crippen LogP contribution is 2.50. The highest BCUT2D eigenvalue weighted by atomic mass is 16.5. The quantitative estimate of drug-likeness (QED) is 0.111. The Morgan fingerprint density at radius 3 is 1.05 bits per heavy atom. The maximum atomic E-state index is 7.75. The molecule has 4 fully saturated rings. The lowest BCUT2D eigenvalue weighted by Crippen LogP contribution is -2.31. The van der Waals surface area contributed by atoms with Crippen LogP contribution in [0.4, 0.5) is 0 Å². The van der Waals surface area contributed by atoms with Crippen molar-refractivity contribution in [1.82, 2.24) is 0 Å². The van der Waals surface area contributed by atoms with Crippen molar-refractivity contribution in [3.63, 3.8) is 0 Å². The Bertz CT molecular complexity index is 1220. The van der Waals surface area contributed by atoms with Gasteiger partial charge in [-0.1, -0.05) is 129 Å². The largest absolute Gasteiger partial charge is 0.494 e. The maximum Gasteiger partial charge on any atom is 0.119 e. The number of rotatable bonds is 22. The summed E-state index contributed by atoms with van der Waals surface area (Å²) in [4.78, 5) is 0. The lowest BCUT2D eigenvalue weighted by Gasteiger charge is -2.43. The fourth-order valence-corrected chi connectivity index (χ4v) is 12.1. The Morgan fingerprint density at radius 2 is 0.737 bits per heavy atom. The zero-order valence-electron chi connectivity index (χ0n) is 37.4. The average molecular weight is 783 g/mol. The van der Waals surface area contributed by atoms with E-state index in [2.05, 4.69) is 76.2 Å². The minimum Gasteiger partial charge on any atom is -0.494 e. The molecular weight excluding hydrogens is 697 g/mol. The molecule has 320 valence electrons. The van der Waals surface area contributed by atoms with Gasteiger partial charge >= 0.3 is 0 Å². The van der Waals surface area contributed by atoms with E-state index in [1.165, 1.54) is 165 Å². The van der Waals surface area contributed by atoms with Crippen molar-refractivity contribution in [2.24, 2.45) is 47.3 Å². The number of hydrogen-bond donors (Lipinski definition) is 0. The monoisotopic (exact) mass is 783 g/mol. The first-order valence-electron chi connectivity index (χ1n) is 25.2. The molecule has 3 heteroatoms. The Morgan fingerprint density at radius 1 is 0.404 bits per heavy atom. The van der Waals surface area contributed by atoms with E-state index in [4.69, 9.17) is 14.2 Å². The van der Waals surface area contributed by atoms with E-state index < -0.39 is 0 Å². The van der Waals surface area contributed by atoms with Crippen molar-refractivity contribution >= 4 is 0 Å². The average Bonchev–Trinajstić information content (AvgIpc) is 3.27. The van der Waals surface area contributed by atoms with Crippen LogP contribution in [0.5, 0.6) is 11.5 Å². The standard InChI is InChI=1S/C54H86O3/c1-5-9-11-13-41-15-19-43(20-16-41)45-23-27-47(28-24-45)53(49-31-35-51(36-32-49)55-39-7-3)57-54(50-33-37-52(38-34-50)56-40-8-4)48-29-25-46(26-30-48)44-21-17-42(18-22-44)14-12-10-6-2/h31-38,41-48,53-54H,5-30,39-40H2,1-4H3. The summed E-state index contributed by atoms with van der Waals surface area (Å²) in [5.41, 5.74) is 2.71. The number of hydrogen-bond acceptors (Lipinski definition) is 3. The molecule has 0 aromatic heterocycles. The van der Waals surface area contributed by atoms with Gasteiger partial charge in [0.2, 0.25) is 0 Å². The number of ether oxygens (including phenoxy) is 3. The third-order valence-corrected chi connectivity index (χ3v) is 15.7. The van der Waals surface area contributed by atoms with Gasteiger partial charge in [0.15, 0.2) is 0 Å². The summed E-state index contributed by atoms with van der Waals surface area (Å²) < 4.78 is 19.9. The topological polar surface area (TPSA) is 27.7 Å². The van der Waals surface area contributed by atoms with Gasteiger partial charge in [-0.15, -0.1) is 0 Å². The zero-order valence-corrected chi connectivity index (χ0v) is 37.4. The van der Waals surface area contributed by atoms with E-state index in [1.807, 2.05) is 0 Å². The van der Waals surface area contributed by atoms with E-state index in [0.717, 1.165) is 73.1 Å². The first-order valence-corrected chi connectivity index (χ1v) is 25.2. The summed E-state index contributed by atoms with van der Waals surface area (Å²) >= 11 is 0.